The van der Waals surface area contributed by atoms with E-state index in [-0.39, 0.29) is 11.8 Å². The number of benzene rings is 2. The molecule has 2 heterocycles. The molecule has 0 aromatic heterocycles. The molecule has 0 bridgehead atoms. The molecule has 4 rings (SSSR count). The molecule has 0 saturated carbocycles. The van der Waals surface area contributed by atoms with Gasteiger partial charge in [0.2, 0.25) is 5.91 Å². The number of nitrogens with zero attached hydrogens (tertiary/aromatic N) is 3. The van der Waals surface area contributed by atoms with Crippen molar-refractivity contribution in [3.63, 3.8) is 0 Å². The molecule has 2 amide bonds. The Morgan fingerprint density at radius 3 is 2.41 bits per heavy atom. The van der Waals surface area contributed by atoms with Crippen LogP contribution in [0.5, 0.6) is 0 Å². The average molecular weight is 363 g/mol. The van der Waals surface area contributed by atoms with E-state index in [0.717, 1.165) is 49.4 Å². The van der Waals surface area contributed by atoms with Crippen molar-refractivity contribution in [1.82, 2.24) is 4.90 Å². The molecule has 2 aromatic carbocycles. The van der Waals surface area contributed by atoms with Gasteiger partial charge in [0.1, 0.15) is 0 Å². The Morgan fingerprint density at radius 2 is 1.70 bits per heavy atom. The lowest BCUT2D eigenvalue weighted by Crippen LogP contribution is -2.48. The van der Waals surface area contributed by atoms with E-state index < -0.39 is 0 Å². The summed E-state index contributed by atoms with van der Waals surface area (Å²) in [5.41, 5.74) is 5.24. The number of carbonyl (C=O) groups excluding carboxylic acids is 2. The molecule has 2 aromatic rings. The van der Waals surface area contributed by atoms with Crippen molar-refractivity contribution in [2.24, 2.45) is 0 Å². The number of anilines is 2. The van der Waals surface area contributed by atoms with Crippen LogP contribution < -0.4 is 9.80 Å². The van der Waals surface area contributed by atoms with Crippen molar-refractivity contribution in [3.8, 4) is 0 Å². The van der Waals surface area contributed by atoms with Gasteiger partial charge in [0, 0.05) is 56.6 Å². The fourth-order valence-corrected chi connectivity index (χ4v) is 4.04. The van der Waals surface area contributed by atoms with Crippen molar-refractivity contribution in [1.29, 1.82) is 0 Å². The molecular weight excluding hydrogens is 338 g/mol. The minimum Gasteiger partial charge on any atom is -0.368 e. The van der Waals surface area contributed by atoms with Gasteiger partial charge >= 0.3 is 0 Å². The molecule has 0 unspecified atom stereocenters. The fraction of sp³-hybridized carbons (Fsp3) is 0.364. The van der Waals surface area contributed by atoms with Gasteiger partial charge in [-0.1, -0.05) is 12.1 Å². The van der Waals surface area contributed by atoms with Crippen LogP contribution in [0.4, 0.5) is 11.4 Å². The molecule has 0 aliphatic carbocycles. The summed E-state index contributed by atoms with van der Waals surface area (Å²) in [6.07, 6.45) is 0.817. The Bertz CT molecular complexity index is 885. The molecule has 2 aliphatic heterocycles. The first-order chi connectivity index (χ1) is 13.0. The van der Waals surface area contributed by atoms with Gasteiger partial charge in [-0.3, -0.25) is 9.59 Å². The first-order valence-corrected chi connectivity index (χ1v) is 9.55. The Kier molecular flexibility index (Phi) is 4.60. The number of hydrogen-bond acceptors (Lipinski definition) is 3. The second kappa shape index (κ2) is 7.06. The summed E-state index contributed by atoms with van der Waals surface area (Å²) >= 11 is 0. The topological polar surface area (TPSA) is 43.9 Å². The first-order valence-electron chi connectivity index (χ1n) is 9.55. The molecule has 27 heavy (non-hydrogen) atoms. The van der Waals surface area contributed by atoms with E-state index in [1.807, 2.05) is 23.1 Å². The third kappa shape index (κ3) is 3.42. The summed E-state index contributed by atoms with van der Waals surface area (Å²) in [4.78, 5) is 30.7. The number of hydrogen-bond donors (Lipinski definition) is 0. The number of carbonyl (C=O) groups is 2. The van der Waals surface area contributed by atoms with Crippen molar-refractivity contribution in [2.45, 2.75) is 20.3 Å². The largest absolute Gasteiger partial charge is 0.368 e. The zero-order chi connectivity index (χ0) is 19.0. The third-order valence-electron chi connectivity index (χ3n) is 5.54. The Morgan fingerprint density at radius 1 is 0.926 bits per heavy atom. The van der Waals surface area contributed by atoms with Crippen LogP contribution in [0.25, 0.3) is 0 Å². The zero-order valence-electron chi connectivity index (χ0n) is 15.9. The fourth-order valence-electron chi connectivity index (χ4n) is 4.04. The molecule has 0 N–H and O–H groups in total. The van der Waals surface area contributed by atoms with Gasteiger partial charge in [0.05, 0.1) is 0 Å². The maximum atomic E-state index is 12.9. The Labute approximate surface area is 160 Å². The summed E-state index contributed by atoms with van der Waals surface area (Å²) in [6.45, 7) is 7.53. The van der Waals surface area contributed by atoms with Crippen LogP contribution in [-0.2, 0) is 11.2 Å². The maximum Gasteiger partial charge on any atom is 0.253 e. The van der Waals surface area contributed by atoms with Crippen LogP contribution in [0.3, 0.4) is 0 Å². The average Bonchev–Trinajstić information content (AvgIpc) is 3.11. The number of rotatable bonds is 2. The van der Waals surface area contributed by atoms with Gasteiger partial charge in [-0.05, 0) is 54.8 Å². The van der Waals surface area contributed by atoms with Crippen LogP contribution in [0.15, 0.2) is 42.5 Å². The lowest BCUT2D eigenvalue weighted by Gasteiger charge is -2.36. The molecule has 5 nitrogen and oxygen atoms in total. The molecule has 0 spiro atoms. The van der Waals surface area contributed by atoms with Crippen LogP contribution in [0.2, 0.25) is 0 Å². The van der Waals surface area contributed by atoms with Crippen molar-refractivity contribution >= 4 is 23.2 Å². The van der Waals surface area contributed by atoms with Gasteiger partial charge in [0.25, 0.3) is 5.91 Å². The third-order valence-corrected chi connectivity index (χ3v) is 5.54. The highest BCUT2D eigenvalue weighted by molar-refractivity contribution is 5.98. The van der Waals surface area contributed by atoms with E-state index in [1.165, 1.54) is 11.3 Å². The Balaban J connectivity index is 1.43. The van der Waals surface area contributed by atoms with Gasteiger partial charge in [-0.25, -0.2) is 0 Å². The first kappa shape index (κ1) is 17.6. The lowest BCUT2D eigenvalue weighted by atomic mass is 10.1. The minimum absolute atomic E-state index is 0.0556. The summed E-state index contributed by atoms with van der Waals surface area (Å²) in [7, 11) is 0. The highest BCUT2D eigenvalue weighted by Gasteiger charge is 2.26. The second-order valence-electron chi connectivity index (χ2n) is 7.38. The Hall–Kier alpha value is -2.82. The smallest absolute Gasteiger partial charge is 0.253 e. The summed E-state index contributed by atoms with van der Waals surface area (Å²) < 4.78 is 0. The molecule has 140 valence electrons. The number of aryl methyl sites for hydroxylation is 1. The highest BCUT2D eigenvalue weighted by atomic mass is 16.2. The second-order valence-corrected chi connectivity index (χ2v) is 7.38. The molecule has 2 aliphatic rings. The monoisotopic (exact) mass is 363 g/mol. The highest BCUT2D eigenvalue weighted by Crippen LogP contribution is 2.29. The van der Waals surface area contributed by atoms with Gasteiger partial charge in [0.15, 0.2) is 0 Å². The van der Waals surface area contributed by atoms with E-state index in [0.29, 0.717) is 6.54 Å². The normalized spacial score (nSPS) is 16.4. The number of fused-ring (bicyclic) bond motifs is 1. The van der Waals surface area contributed by atoms with E-state index in [1.54, 1.807) is 11.8 Å². The van der Waals surface area contributed by atoms with Gasteiger partial charge in [-0.15, -0.1) is 0 Å². The van der Waals surface area contributed by atoms with Crippen LogP contribution in [0, 0.1) is 6.92 Å². The van der Waals surface area contributed by atoms with Crippen LogP contribution in [0.1, 0.15) is 28.4 Å². The quantitative estimate of drug-likeness (QED) is 0.824. The standard InChI is InChI=1S/C22H25N3O2/c1-16-4-3-5-20(14-16)23-10-12-24(13-11-23)22(27)19-6-7-21-18(15-19)8-9-25(21)17(2)26/h3-7,14-15H,8-13H2,1-2H3. The van der Waals surface area contributed by atoms with E-state index in [9.17, 15) is 9.59 Å². The van der Waals surface area contributed by atoms with Crippen molar-refractivity contribution in [3.05, 3.63) is 59.2 Å². The molecular formula is C22H25N3O2. The molecule has 1 fully saturated rings. The zero-order valence-corrected chi connectivity index (χ0v) is 15.9. The van der Waals surface area contributed by atoms with Gasteiger partial charge < -0.3 is 14.7 Å². The molecule has 0 atom stereocenters. The minimum atomic E-state index is 0.0556. The van der Waals surface area contributed by atoms with Crippen LogP contribution >= 0.6 is 0 Å². The van der Waals surface area contributed by atoms with E-state index >= 15 is 0 Å². The van der Waals surface area contributed by atoms with E-state index in [4.69, 9.17) is 0 Å². The van der Waals surface area contributed by atoms with Crippen LogP contribution in [-0.4, -0.2) is 49.4 Å². The van der Waals surface area contributed by atoms with E-state index in [2.05, 4.69) is 36.1 Å². The predicted octanol–water partition coefficient (Wildman–Crippen LogP) is 2.87. The molecule has 5 heteroatoms. The lowest BCUT2D eigenvalue weighted by molar-refractivity contribution is -0.116. The summed E-state index contributed by atoms with van der Waals surface area (Å²) in [5.74, 6) is 0.142. The SMILES string of the molecule is CC(=O)N1CCc2cc(C(=O)N3CCN(c4cccc(C)c4)CC3)ccc21. The number of piperazine rings is 1. The van der Waals surface area contributed by atoms with Crippen molar-refractivity contribution in [2.75, 3.05) is 42.5 Å². The van der Waals surface area contributed by atoms with Crippen molar-refractivity contribution < 1.29 is 9.59 Å². The molecule has 0 radical (unpaired) electrons. The summed E-state index contributed by atoms with van der Waals surface area (Å²) in [5, 5.41) is 0. The molecule has 1 saturated heterocycles. The maximum absolute atomic E-state index is 12.9. The summed E-state index contributed by atoms with van der Waals surface area (Å²) in [6, 6.07) is 14.2. The predicted molar refractivity (Wildman–Crippen MR) is 107 cm³/mol. The number of amides is 2. The van der Waals surface area contributed by atoms with Gasteiger partial charge in [-0.2, -0.15) is 0 Å².